The van der Waals surface area contributed by atoms with E-state index in [9.17, 15) is 4.39 Å². The number of hydrogen-bond donors (Lipinski definition) is 2. The van der Waals surface area contributed by atoms with Gasteiger partial charge in [0.2, 0.25) is 0 Å². The first-order valence-corrected chi connectivity index (χ1v) is 4.19. The molecule has 0 aliphatic rings. The second-order valence-corrected chi connectivity index (χ2v) is 2.95. The summed E-state index contributed by atoms with van der Waals surface area (Å²) in [7, 11) is 0. The van der Waals surface area contributed by atoms with E-state index in [4.69, 9.17) is 5.11 Å². The Labute approximate surface area is 80.2 Å². The molecule has 72 valence electrons. The molecule has 0 atom stereocenters. The average molecular weight is 192 g/mol. The molecule has 0 spiro atoms. The molecule has 1 aromatic carbocycles. The fourth-order valence-corrected chi connectivity index (χ4v) is 1.26. The molecule has 0 amide bonds. The van der Waals surface area contributed by atoms with Crippen molar-refractivity contribution < 1.29 is 9.50 Å². The summed E-state index contributed by atoms with van der Waals surface area (Å²) in [5, 5.41) is 15.2. The summed E-state index contributed by atoms with van der Waals surface area (Å²) < 4.78 is 13.3. The number of benzene rings is 1. The molecule has 14 heavy (non-hydrogen) atoms. The zero-order valence-electron chi connectivity index (χ0n) is 7.37. The Hall–Kier alpha value is -1.68. The lowest BCUT2D eigenvalue weighted by Gasteiger charge is -2.01. The summed E-state index contributed by atoms with van der Waals surface area (Å²) in [5.41, 5.74) is 1.87. The van der Waals surface area contributed by atoms with Gasteiger partial charge in [0.15, 0.2) is 0 Å². The van der Waals surface area contributed by atoms with E-state index >= 15 is 0 Å². The van der Waals surface area contributed by atoms with E-state index in [2.05, 4.69) is 10.2 Å². The van der Waals surface area contributed by atoms with Crippen LogP contribution in [0.15, 0.2) is 30.6 Å². The monoisotopic (exact) mass is 192 g/mol. The number of aliphatic hydroxyl groups excluding tert-OH is 1. The third-order valence-corrected chi connectivity index (χ3v) is 2.05. The van der Waals surface area contributed by atoms with Crippen molar-refractivity contribution in [3.63, 3.8) is 0 Å². The third kappa shape index (κ3) is 1.52. The van der Waals surface area contributed by atoms with Crippen LogP contribution in [0.4, 0.5) is 4.39 Å². The molecule has 2 N–H and O–H groups in total. The van der Waals surface area contributed by atoms with Crippen molar-refractivity contribution in [1.82, 2.24) is 10.2 Å². The van der Waals surface area contributed by atoms with Gasteiger partial charge in [-0.25, -0.2) is 4.39 Å². The summed E-state index contributed by atoms with van der Waals surface area (Å²) in [6.07, 6.45) is 3.31. The third-order valence-electron chi connectivity index (χ3n) is 2.05. The predicted octanol–water partition coefficient (Wildman–Crippen LogP) is 1.71. The summed E-state index contributed by atoms with van der Waals surface area (Å²) in [5.74, 6) is -0.397. The topological polar surface area (TPSA) is 48.9 Å². The maximum Gasteiger partial charge on any atom is 0.129 e. The van der Waals surface area contributed by atoms with E-state index in [1.807, 2.05) is 0 Å². The van der Waals surface area contributed by atoms with E-state index < -0.39 is 5.82 Å². The number of hydrogen-bond acceptors (Lipinski definition) is 2. The van der Waals surface area contributed by atoms with Crippen LogP contribution >= 0.6 is 0 Å². The van der Waals surface area contributed by atoms with Gasteiger partial charge >= 0.3 is 0 Å². The van der Waals surface area contributed by atoms with Crippen LogP contribution in [0.2, 0.25) is 0 Å². The highest BCUT2D eigenvalue weighted by atomic mass is 19.1. The first kappa shape index (κ1) is 8.90. The molecular formula is C10H9FN2O. The van der Waals surface area contributed by atoms with Gasteiger partial charge in [-0.05, 0) is 11.6 Å². The molecule has 0 bridgehead atoms. The lowest BCUT2D eigenvalue weighted by molar-refractivity contribution is 0.276. The largest absolute Gasteiger partial charge is 0.392 e. The van der Waals surface area contributed by atoms with Gasteiger partial charge in [-0.3, -0.25) is 5.10 Å². The van der Waals surface area contributed by atoms with Crippen LogP contribution in [0.5, 0.6) is 0 Å². The Morgan fingerprint density at radius 1 is 1.36 bits per heavy atom. The van der Waals surface area contributed by atoms with Gasteiger partial charge in [0.1, 0.15) is 5.82 Å². The van der Waals surface area contributed by atoms with Gasteiger partial charge in [0.05, 0.1) is 12.8 Å². The van der Waals surface area contributed by atoms with Crippen molar-refractivity contribution in [3.05, 3.63) is 42.0 Å². The highest BCUT2D eigenvalue weighted by Crippen LogP contribution is 2.20. The number of nitrogens with zero attached hydrogens (tertiary/aromatic N) is 1. The minimum absolute atomic E-state index is 0.280. The van der Waals surface area contributed by atoms with E-state index in [0.29, 0.717) is 5.56 Å². The van der Waals surface area contributed by atoms with Gasteiger partial charge in [-0.2, -0.15) is 5.10 Å². The Balaban J connectivity index is 2.43. The molecule has 1 aromatic heterocycles. The lowest BCUT2D eigenvalue weighted by atomic mass is 10.1. The molecule has 4 heteroatoms. The molecule has 0 aliphatic carbocycles. The van der Waals surface area contributed by atoms with Crippen molar-refractivity contribution in [2.75, 3.05) is 0 Å². The van der Waals surface area contributed by atoms with Crippen LogP contribution in [0, 0.1) is 5.82 Å². The Morgan fingerprint density at radius 3 is 2.79 bits per heavy atom. The van der Waals surface area contributed by atoms with E-state index in [0.717, 1.165) is 11.1 Å². The molecule has 0 fully saturated rings. The summed E-state index contributed by atoms with van der Waals surface area (Å²) in [6.45, 7) is -0.280. The molecule has 1 heterocycles. The Kier molecular flexibility index (Phi) is 2.28. The number of H-pyrrole nitrogens is 1. The SMILES string of the molecule is OCc1ccc(-c2cn[nH]c2)cc1F. The maximum absolute atomic E-state index is 13.3. The van der Waals surface area contributed by atoms with Gasteiger partial charge in [-0.15, -0.1) is 0 Å². The van der Waals surface area contributed by atoms with Gasteiger partial charge in [0, 0.05) is 17.3 Å². The molecule has 0 saturated carbocycles. The number of aromatic nitrogens is 2. The molecule has 2 aromatic rings. The fraction of sp³-hybridized carbons (Fsp3) is 0.100. The summed E-state index contributed by atoms with van der Waals surface area (Å²) in [6, 6.07) is 4.70. The van der Waals surface area contributed by atoms with E-state index in [1.54, 1.807) is 24.5 Å². The van der Waals surface area contributed by atoms with Crippen molar-refractivity contribution in [1.29, 1.82) is 0 Å². The molecule has 0 unspecified atom stereocenters. The van der Waals surface area contributed by atoms with E-state index in [-0.39, 0.29) is 6.61 Å². The summed E-state index contributed by atoms with van der Waals surface area (Å²) in [4.78, 5) is 0. The number of aromatic amines is 1. The number of halogens is 1. The maximum atomic E-state index is 13.3. The predicted molar refractivity (Wildman–Crippen MR) is 49.9 cm³/mol. The zero-order valence-corrected chi connectivity index (χ0v) is 7.37. The minimum Gasteiger partial charge on any atom is -0.392 e. The smallest absolute Gasteiger partial charge is 0.129 e. The summed E-state index contributed by atoms with van der Waals surface area (Å²) >= 11 is 0. The van der Waals surface area contributed by atoms with Crippen LogP contribution in [0.1, 0.15) is 5.56 Å². The normalized spacial score (nSPS) is 10.4. The van der Waals surface area contributed by atoms with Crippen LogP contribution < -0.4 is 0 Å². The van der Waals surface area contributed by atoms with Crippen molar-refractivity contribution >= 4 is 0 Å². The molecular weight excluding hydrogens is 183 g/mol. The average Bonchev–Trinajstić information content (AvgIpc) is 2.70. The fourth-order valence-electron chi connectivity index (χ4n) is 1.26. The van der Waals surface area contributed by atoms with E-state index in [1.165, 1.54) is 6.07 Å². The van der Waals surface area contributed by atoms with Gasteiger partial charge in [0.25, 0.3) is 0 Å². The molecule has 0 aliphatic heterocycles. The second-order valence-electron chi connectivity index (χ2n) is 2.95. The van der Waals surface area contributed by atoms with Gasteiger partial charge in [-0.1, -0.05) is 12.1 Å². The molecule has 0 radical (unpaired) electrons. The molecule has 2 rings (SSSR count). The van der Waals surface area contributed by atoms with Gasteiger partial charge < -0.3 is 5.11 Å². The Morgan fingerprint density at radius 2 is 2.21 bits per heavy atom. The first-order chi connectivity index (χ1) is 6.81. The standard InChI is InChI=1S/C10H9FN2O/c11-10-3-7(1-2-8(10)6-14)9-4-12-13-5-9/h1-5,14H,6H2,(H,12,13). The lowest BCUT2D eigenvalue weighted by Crippen LogP contribution is -1.89. The quantitative estimate of drug-likeness (QED) is 0.760. The first-order valence-electron chi connectivity index (χ1n) is 4.19. The zero-order chi connectivity index (χ0) is 9.97. The van der Waals surface area contributed by atoms with Crippen molar-refractivity contribution in [2.45, 2.75) is 6.61 Å². The number of nitrogens with one attached hydrogen (secondary N) is 1. The Bertz CT molecular complexity index is 426. The number of rotatable bonds is 2. The highest BCUT2D eigenvalue weighted by molar-refractivity contribution is 5.61. The number of aliphatic hydroxyl groups is 1. The second kappa shape index (κ2) is 3.59. The van der Waals surface area contributed by atoms with Crippen LogP contribution in [0.25, 0.3) is 11.1 Å². The van der Waals surface area contributed by atoms with Crippen LogP contribution in [-0.2, 0) is 6.61 Å². The molecule has 3 nitrogen and oxygen atoms in total. The molecule has 0 saturated heterocycles. The highest BCUT2D eigenvalue weighted by Gasteiger charge is 2.04. The van der Waals surface area contributed by atoms with Crippen LogP contribution in [0.3, 0.4) is 0 Å². The van der Waals surface area contributed by atoms with Crippen molar-refractivity contribution in [2.24, 2.45) is 0 Å². The minimum atomic E-state index is -0.397. The van der Waals surface area contributed by atoms with Crippen LogP contribution in [-0.4, -0.2) is 15.3 Å². The van der Waals surface area contributed by atoms with Crippen molar-refractivity contribution in [3.8, 4) is 11.1 Å².